The molecule has 0 amide bonds. The van der Waals surface area contributed by atoms with Crippen LogP contribution in [0, 0.1) is 0 Å². The molecule has 0 bridgehead atoms. The van der Waals surface area contributed by atoms with Crippen LogP contribution in [0.1, 0.15) is 46.7 Å². The lowest BCUT2D eigenvalue weighted by Gasteiger charge is -2.13. The lowest BCUT2D eigenvalue weighted by Crippen LogP contribution is -2.12. The van der Waals surface area contributed by atoms with Gasteiger partial charge in [-0.2, -0.15) is 5.10 Å². The number of rotatable bonds is 11. The van der Waals surface area contributed by atoms with Crippen LogP contribution in [-0.2, 0) is 38.0 Å². The number of para-hydroxylation sites is 1. The zero-order chi connectivity index (χ0) is 33.7. The van der Waals surface area contributed by atoms with Gasteiger partial charge in [0.2, 0.25) is 0 Å². The number of anilines is 1. The van der Waals surface area contributed by atoms with Crippen molar-refractivity contribution < 1.29 is 24.1 Å². The number of ether oxygens (including phenoxy) is 3. The minimum absolute atomic E-state index is 0.250. The predicted octanol–water partition coefficient (Wildman–Crippen LogP) is 8.48. The Morgan fingerprint density at radius 1 is 0.980 bits per heavy atom. The van der Waals surface area contributed by atoms with E-state index in [2.05, 4.69) is 35.1 Å². The molecule has 2 N–H and O–H groups in total. The number of aryl methyl sites for hydroxylation is 3. The zero-order valence-electron chi connectivity index (χ0n) is 27.8. The number of hydrogen-bond donors (Lipinski definition) is 2. The maximum atomic E-state index is 13.0. The molecule has 0 radical (unpaired) electrons. The van der Waals surface area contributed by atoms with Gasteiger partial charge in [0.15, 0.2) is 0 Å². The molecule has 0 fully saturated rings. The van der Waals surface area contributed by atoms with Crippen molar-refractivity contribution in [3.8, 4) is 22.6 Å². The maximum Gasteiger partial charge on any atom is 0.352 e. The number of carboxylic acids is 1. The van der Waals surface area contributed by atoms with Crippen molar-refractivity contribution in [2.24, 2.45) is 7.05 Å². The summed E-state index contributed by atoms with van der Waals surface area (Å²) in [5, 5.41) is 18.7. The average molecular weight is 677 g/mol. The number of aromatic carboxylic acids is 1. The third kappa shape index (κ3) is 6.71. The van der Waals surface area contributed by atoms with Crippen LogP contribution in [0.3, 0.4) is 0 Å². The van der Waals surface area contributed by atoms with Gasteiger partial charge in [-0.1, -0.05) is 66.5 Å². The summed E-state index contributed by atoms with van der Waals surface area (Å²) in [4.78, 5) is 13.0. The number of benzene rings is 4. The van der Waals surface area contributed by atoms with Crippen molar-refractivity contribution in [1.29, 1.82) is 0 Å². The molecule has 0 spiro atoms. The summed E-state index contributed by atoms with van der Waals surface area (Å²) in [6.45, 7) is 2.27. The highest BCUT2D eigenvalue weighted by molar-refractivity contribution is 7.99. The second-order valence-electron chi connectivity index (χ2n) is 12.2. The molecule has 0 aliphatic carbocycles. The average Bonchev–Trinajstić information content (AvgIpc) is 3.60. The molecule has 0 unspecified atom stereocenters. The normalized spacial score (nSPS) is 13.2. The molecule has 1 aliphatic heterocycles. The highest BCUT2D eigenvalue weighted by Gasteiger charge is 2.28. The van der Waals surface area contributed by atoms with Crippen LogP contribution < -0.4 is 14.2 Å². The molecule has 3 heterocycles. The molecule has 0 saturated heterocycles. The summed E-state index contributed by atoms with van der Waals surface area (Å²) in [7, 11) is 1.93. The molecule has 252 valence electrons. The van der Waals surface area contributed by atoms with Crippen molar-refractivity contribution >= 4 is 45.3 Å². The first-order valence-electron chi connectivity index (χ1n) is 16.7. The smallest absolute Gasteiger partial charge is 0.352 e. The van der Waals surface area contributed by atoms with Crippen molar-refractivity contribution in [3.63, 3.8) is 0 Å². The van der Waals surface area contributed by atoms with E-state index in [1.54, 1.807) is 0 Å². The van der Waals surface area contributed by atoms with Crippen LogP contribution >= 0.6 is 11.9 Å². The quantitative estimate of drug-likeness (QED) is 0.104. The number of nitrogens with one attached hydrogen (secondary N) is 1. The van der Waals surface area contributed by atoms with E-state index < -0.39 is 5.97 Å². The molecule has 4 aromatic carbocycles. The molecule has 0 saturated carbocycles. The second kappa shape index (κ2) is 14.7. The van der Waals surface area contributed by atoms with Gasteiger partial charge in [-0.15, -0.1) is 0 Å². The number of fused-ring (bicyclic) bond motifs is 3. The number of nitrogens with zero attached hydrogens (tertiary/aromatic N) is 3. The fourth-order valence-corrected chi connectivity index (χ4v) is 7.26. The number of carbonyl (C=O) groups is 1. The first kappa shape index (κ1) is 32.6. The predicted molar refractivity (Wildman–Crippen MR) is 196 cm³/mol. The number of hydrogen-bond acceptors (Lipinski definition) is 7. The molecule has 1 aliphatic rings. The first-order valence-corrected chi connectivity index (χ1v) is 17.9. The van der Waals surface area contributed by atoms with Gasteiger partial charge in [0.1, 0.15) is 29.5 Å². The highest BCUT2D eigenvalue weighted by Crippen LogP contribution is 2.39. The summed E-state index contributed by atoms with van der Waals surface area (Å²) in [5.41, 5.74) is 6.66. The Bertz CT molecular complexity index is 2100. The van der Waals surface area contributed by atoms with E-state index in [0.29, 0.717) is 44.9 Å². The van der Waals surface area contributed by atoms with Gasteiger partial charge in [0.05, 0.1) is 24.4 Å². The van der Waals surface area contributed by atoms with Gasteiger partial charge in [0, 0.05) is 54.0 Å². The Balaban J connectivity index is 1.25. The van der Waals surface area contributed by atoms with Crippen LogP contribution in [0.5, 0.6) is 11.5 Å². The molecule has 9 nitrogen and oxygen atoms in total. The number of carboxylic acid groups (broad SMARTS) is 1. The largest absolute Gasteiger partial charge is 0.493 e. The van der Waals surface area contributed by atoms with Crippen LogP contribution in [0.25, 0.3) is 32.8 Å². The SMILES string of the molecule is CSNc1ccc(OCc2nn(C)c3c2-c2cccc4c(CCCOc5cccc6ccccc56)c(C(=O)O)n(c24)CCCCOC3)cc1. The van der Waals surface area contributed by atoms with Gasteiger partial charge < -0.3 is 28.6 Å². The summed E-state index contributed by atoms with van der Waals surface area (Å²) in [5.74, 6) is 0.652. The van der Waals surface area contributed by atoms with E-state index in [4.69, 9.17) is 19.3 Å². The van der Waals surface area contributed by atoms with E-state index in [-0.39, 0.29) is 6.61 Å². The van der Waals surface area contributed by atoms with Crippen molar-refractivity contribution in [2.45, 2.75) is 45.4 Å². The minimum atomic E-state index is -0.923. The van der Waals surface area contributed by atoms with Gasteiger partial charge in [-0.3, -0.25) is 4.68 Å². The van der Waals surface area contributed by atoms with Gasteiger partial charge in [0.25, 0.3) is 0 Å². The Morgan fingerprint density at radius 2 is 1.78 bits per heavy atom. The van der Waals surface area contributed by atoms with Gasteiger partial charge in [-0.25, -0.2) is 4.79 Å². The van der Waals surface area contributed by atoms with E-state index in [1.165, 1.54) is 11.9 Å². The van der Waals surface area contributed by atoms with Gasteiger partial charge >= 0.3 is 5.97 Å². The monoisotopic (exact) mass is 676 g/mol. The minimum Gasteiger partial charge on any atom is -0.493 e. The second-order valence-corrected chi connectivity index (χ2v) is 12.8. The summed E-state index contributed by atoms with van der Waals surface area (Å²) in [6.07, 6.45) is 4.84. The molecule has 49 heavy (non-hydrogen) atoms. The standard InChI is InChI=1S/C39H40N4O5S/c1-42-34-25-46-22-6-5-21-43-37-30(13-8-14-32(37)36(34)33(40-42)24-48-28-19-17-27(18-20-28)41-49-2)31(38(43)39(44)45)15-9-23-47-35-16-7-11-26-10-3-4-12-29(26)35/h3-4,7-8,10-14,16-20,41H,5-6,9,15,21-25H2,1-2H3,(H,44,45). The lowest BCUT2D eigenvalue weighted by molar-refractivity contribution is 0.0683. The summed E-state index contributed by atoms with van der Waals surface area (Å²) >= 11 is 1.54. The molecule has 7 rings (SSSR count). The molecule has 2 aromatic heterocycles. The van der Waals surface area contributed by atoms with E-state index in [0.717, 1.165) is 79.8 Å². The Hall–Kier alpha value is -4.93. The molecule has 6 aromatic rings. The Labute approximate surface area is 289 Å². The fraction of sp³-hybridized carbons (Fsp3) is 0.282. The number of aromatic nitrogens is 3. The molecular weight excluding hydrogens is 637 g/mol. The summed E-state index contributed by atoms with van der Waals surface area (Å²) in [6, 6.07) is 28.2. The summed E-state index contributed by atoms with van der Waals surface area (Å²) < 4.78 is 25.8. The van der Waals surface area contributed by atoms with Crippen molar-refractivity contribution in [1.82, 2.24) is 14.3 Å². The third-order valence-electron chi connectivity index (χ3n) is 9.08. The first-order chi connectivity index (χ1) is 24.0. The van der Waals surface area contributed by atoms with E-state index in [1.807, 2.05) is 77.1 Å². The fourth-order valence-electron chi connectivity index (χ4n) is 6.88. The highest BCUT2D eigenvalue weighted by atomic mass is 32.2. The van der Waals surface area contributed by atoms with E-state index in [9.17, 15) is 9.90 Å². The molecule has 10 heteroatoms. The zero-order valence-corrected chi connectivity index (χ0v) is 28.6. The Morgan fingerprint density at radius 3 is 2.61 bits per heavy atom. The Kier molecular flexibility index (Phi) is 9.77. The van der Waals surface area contributed by atoms with Crippen molar-refractivity contribution in [2.75, 3.05) is 24.2 Å². The molecule has 0 atom stereocenters. The maximum absolute atomic E-state index is 13.0. The lowest BCUT2D eigenvalue weighted by atomic mass is 9.98. The van der Waals surface area contributed by atoms with Crippen LogP contribution in [0.2, 0.25) is 0 Å². The van der Waals surface area contributed by atoms with Crippen LogP contribution in [-0.4, -0.2) is 44.9 Å². The van der Waals surface area contributed by atoms with Gasteiger partial charge in [-0.05, 0) is 67.0 Å². The van der Waals surface area contributed by atoms with Crippen LogP contribution in [0.4, 0.5) is 5.69 Å². The third-order valence-corrected chi connectivity index (χ3v) is 9.52. The topological polar surface area (TPSA) is 99.8 Å². The van der Waals surface area contributed by atoms with E-state index >= 15 is 0 Å². The van der Waals surface area contributed by atoms with Crippen LogP contribution in [0.15, 0.2) is 84.9 Å². The molecular formula is C39H40N4O5S. The van der Waals surface area contributed by atoms with Crippen molar-refractivity contribution in [3.05, 3.63) is 108 Å².